The van der Waals surface area contributed by atoms with E-state index in [2.05, 4.69) is 27.7 Å². The van der Waals surface area contributed by atoms with Gasteiger partial charge in [0.05, 0.1) is 5.92 Å². The lowest BCUT2D eigenvalue weighted by molar-refractivity contribution is -0.127. The van der Waals surface area contributed by atoms with E-state index in [1.807, 2.05) is 19.1 Å². The average Bonchev–Trinajstić information content (AvgIpc) is 2.58. The molecule has 2 unspecified atom stereocenters. The Morgan fingerprint density at radius 2 is 2.00 bits per heavy atom. The lowest BCUT2D eigenvalue weighted by atomic mass is 9.88. The van der Waals surface area contributed by atoms with E-state index >= 15 is 0 Å². The molecule has 28 heavy (non-hydrogen) atoms. The molecule has 0 spiro atoms. The third-order valence-electron chi connectivity index (χ3n) is 5.71. The predicted molar refractivity (Wildman–Crippen MR) is 116 cm³/mol. The lowest BCUT2D eigenvalue weighted by Crippen LogP contribution is -2.49. The third-order valence-corrected chi connectivity index (χ3v) is 5.71. The van der Waals surface area contributed by atoms with E-state index in [1.54, 1.807) is 0 Å². The summed E-state index contributed by atoms with van der Waals surface area (Å²) in [4.78, 5) is 26.0. The third kappa shape index (κ3) is 6.62. The Morgan fingerprint density at radius 1 is 1.29 bits per heavy atom. The summed E-state index contributed by atoms with van der Waals surface area (Å²) in [5, 5.41) is 6.27. The van der Waals surface area contributed by atoms with Gasteiger partial charge in [0.25, 0.3) is 0 Å². The average molecular weight is 431 g/mol. The summed E-state index contributed by atoms with van der Waals surface area (Å²) in [6.45, 7) is 6.99. The minimum Gasteiger partial charge on any atom is -0.369 e. The first-order valence-electron chi connectivity index (χ1n) is 9.61. The molecule has 0 aliphatic carbocycles. The highest BCUT2D eigenvalue weighted by Gasteiger charge is 2.28. The van der Waals surface area contributed by atoms with Gasteiger partial charge in [-0.3, -0.25) is 14.5 Å². The fourth-order valence-electron chi connectivity index (χ4n) is 3.76. The summed E-state index contributed by atoms with van der Waals surface area (Å²) in [5.41, 5.74) is 7.78. The van der Waals surface area contributed by atoms with Crippen LogP contribution in [0.4, 0.5) is 0 Å². The van der Waals surface area contributed by atoms with Crippen molar-refractivity contribution < 1.29 is 9.59 Å². The second-order valence-electron chi connectivity index (χ2n) is 7.72. The number of rotatable bonds is 7. The van der Waals surface area contributed by atoms with Crippen molar-refractivity contribution in [1.29, 1.82) is 0 Å². The largest absolute Gasteiger partial charge is 0.369 e. The van der Waals surface area contributed by atoms with E-state index in [9.17, 15) is 9.59 Å². The van der Waals surface area contributed by atoms with E-state index in [0.717, 1.165) is 51.1 Å². The Hall–Kier alpha value is -1.34. The van der Waals surface area contributed by atoms with Crippen LogP contribution >= 0.6 is 24.8 Å². The molecule has 2 amide bonds. The van der Waals surface area contributed by atoms with Gasteiger partial charge in [-0.15, -0.1) is 24.8 Å². The number of hydrogen-bond acceptors (Lipinski definition) is 4. The normalized spacial score (nSPS) is 20.8. The second-order valence-corrected chi connectivity index (χ2v) is 7.72. The van der Waals surface area contributed by atoms with Crippen LogP contribution in [0.5, 0.6) is 0 Å². The van der Waals surface area contributed by atoms with Crippen molar-refractivity contribution >= 4 is 36.6 Å². The van der Waals surface area contributed by atoms with E-state index < -0.39 is 0 Å². The summed E-state index contributed by atoms with van der Waals surface area (Å²) < 4.78 is 0. The van der Waals surface area contributed by atoms with Gasteiger partial charge in [-0.05, 0) is 49.5 Å². The molecule has 0 saturated carbocycles. The Balaban J connectivity index is 0.00000196. The van der Waals surface area contributed by atoms with Gasteiger partial charge in [0.2, 0.25) is 11.8 Å². The molecule has 6 nitrogen and oxygen atoms in total. The zero-order valence-electron chi connectivity index (χ0n) is 16.4. The summed E-state index contributed by atoms with van der Waals surface area (Å²) in [5.74, 6) is 0.412. The molecule has 4 N–H and O–H groups in total. The van der Waals surface area contributed by atoms with Crippen LogP contribution in [0.2, 0.25) is 0 Å². The van der Waals surface area contributed by atoms with Crippen molar-refractivity contribution in [3.63, 3.8) is 0 Å². The van der Waals surface area contributed by atoms with Gasteiger partial charge in [-0.1, -0.05) is 31.2 Å². The molecule has 8 heteroatoms. The fourth-order valence-corrected chi connectivity index (χ4v) is 3.76. The van der Waals surface area contributed by atoms with E-state index in [0.29, 0.717) is 12.5 Å². The summed E-state index contributed by atoms with van der Waals surface area (Å²) in [7, 11) is 0. The molecule has 1 aromatic rings. The Labute approximate surface area is 179 Å². The number of nitrogens with zero attached hydrogens (tertiary/aromatic N) is 1. The summed E-state index contributed by atoms with van der Waals surface area (Å²) >= 11 is 0. The van der Waals surface area contributed by atoms with Gasteiger partial charge < -0.3 is 16.4 Å². The van der Waals surface area contributed by atoms with Crippen LogP contribution in [-0.4, -0.2) is 42.9 Å². The number of amides is 2. The molecule has 0 radical (unpaired) electrons. The van der Waals surface area contributed by atoms with Crippen LogP contribution in [0.25, 0.3) is 0 Å². The molecule has 2 aliphatic heterocycles. The molecule has 2 atom stereocenters. The second kappa shape index (κ2) is 11.6. The SMILES string of the molecule is CC(C(=O)NCc1cccc(CN2CCCC(C(N)=O)C2)c1)C1CNC1.Cl.Cl. The quantitative estimate of drug-likeness (QED) is 0.614. The van der Waals surface area contributed by atoms with Gasteiger partial charge in [0, 0.05) is 25.6 Å². The van der Waals surface area contributed by atoms with Gasteiger partial charge in [0.1, 0.15) is 0 Å². The molecule has 2 heterocycles. The fraction of sp³-hybridized carbons (Fsp3) is 0.600. The molecule has 2 fully saturated rings. The minimum atomic E-state index is -0.193. The van der Waals surface area contributed by atoms with Crippen LogP contribution in [0, 0.1) is 17.8 Å². The number of primary amides is 1. The maximum absolute atomic E-state index is 12.3. The van der Waals surface area contributed by atoms with Crippen LogP contribution in [0.3, 0.4) is 0 Å². The Bertz CT molecular complexity index is 655. The standard InChI is InChI=1S/C20H30N4O2.2ClH/c1-14(18-10-22-11-18)20(26)23-9-15-4-2-5-16(8-15)12-24-7-3-6-17(13-24)19(21)25;;/h2,4-5,8,14,17-18,22H,3,6-7,9-13H2,1H3,(H2,21,25)(H,23,26);2*1H. The molecule has 2 aliphatic rings. The van der Waals surface area contributed by atoms with Crippen LogP contribution < -0.4 is 16.4 Å². The first kappa shape index (κ1) is 24.7. The minimum absolute atomic E-state index is 0. The topological polar surface area (TPSA) is 87.5 Å². The summed E-state index contributed by atoms with van der Waals surface area (Å²) in [6.07, 6.45) is 1.91. The zero-order chi connectivity index (χ0) is 18.5. The molecule has 0 bridgehead atoms. The van der Waals surface area contributed by atoms with Crippen molar-refractivity contribution in [1.82, 2.24) is 15.5 Å². The number of carbonyl (C=O) groups is 2. The highest BCUT2D eigenvalue weighted by Crippen LogP contribution is 2.19. The van der Waals surface area contributed by atoms with Crippen molar-refractivity contribution in [2.45, 2.75) is 32.9 Å². The van der Waals surface area contributed by atoms with Crippen LogP contribution in [-0.2, 0) is 22.7 Å². The number of nitrogens with one attached hydrogen (secondary N) is 2. The molecule has 2 saturated heterocycles. The van der Waals surface area contributed by atoms with Gasteiger partial charge in [-0.2, -0.15) is 0 Å². The first-order chi connectivity index (χ1) is 12.5. The van der Waals surface area contributed by atoms with Crippen molar-refractivity contribution in [3.8, 4) is 0 Å². The molecular weight excluding hydrogens is 399 g/mol. The zero-order valence-corrected chi connectivity index (χ0v) is 18.0. The smallest absolute Gasteiger partial charge is 0.223 e. The molecule has 0 aromatic heterocycles. The first-order valence-corrected chi connectivity index (χ1v) is 9.61. The van der Waals surface area contributed by atoms with Crippen molar-refractivity contribution in [3.05, 3.63) is 35.4 Å². The van der Waals surface area contributed by atoms with Crippen molar-refractivity contribution in [2.75, 3.05) is 26.2 Å². The number of piperidine rings is 1. The number of carbonyl (C=O) groups excluding carboxylic acids is 2. The highest BCUT2D eigenvalue weighted by molar-refractivity contribution is 5.85. The van der Waals surface area contributed by atoms with Crippen LogP contribution in [0.15, 0.2) is 24.3 Å². The maximum Gasteiger partial charge on any atom is 0.223 e. The number of likely N-dealkylation sites (tertiary alicyclic amines) is 1. The molecular formula is C20H32Cl2N4O2. The van der Waals surface area contributed by atoms with Gasteiger partial charge in [0.15, 0.2) is 0 Å². The van der Waals surface area contributed by atoms with Crippen LogP contribution in [0.1, 0.15) is 30.9 Å². The molecule has 158 valence electrons. The Morgan fingerprint density at radius 3 is 2.64 bits per heavy atom. The monoisotopic (exact) mass is 430 g/mol. The van der Waals surface area contributed by atoms with Gasteiger partial charge in [-0.25, -0.2) is 0 Å². The number of halogens is 2. The predicted octanol–water partition coefficient (Wildman–Crippen LogP) is 1.70. The summed E-state index contributed by atoms with van der Waals surface area (Å²) in [6, 6.07) is 8.32. The van der Waals surface area contributed by atoms with E-state index in [-0.39, 0.29) is 48.5 Å². The number of benzene rings is 1. The number of nitrogens with two attached hydrogens (primary N) is 1. The van der Waals surface area contributed by atoms with Gasteiger partial charge >= 0.3 is 0 Å². The Kier molecular flexibility index (Phi) is 10.2. The number of hydrogen-bond donors (Lipinski definition) is 3. The highest BCUT2D eigenvalue weighted by atomic mass is 35.5. The molecule has 1 aromatic carbocycles. The van der Waals surface area contributed by atoms with E-state index in [1.165, 1.54) is 5.56 Å². The maximum atomic E-state index is 12.3. The molecule has 3 rings (SSSR count). The lowest BCUT2D eigenvalue weighted by Gasteiger charge is -2.31. The van der Waals surface area contributed by atoms with Crippen molar-refractivity contribution in [2.24, 2.45) is 23.5 Å². The van der Waals surface area contributed by atoms with E-state index in [4.69, 9.17) is 5.73 Å².